The van der Waals surface area contributed by atoms with E-state index in [2.05, 4.69) is 15.6 Å². The van der Waals surface area contributed by atoms with Crippen LogP contribution in [0.5, 0.6) is 0 Å². The second kappa shape index (κ2) is 11.9. The summed E-state index contributed by atoms with van der Waals surface area (Å²) in [5.74, 6) is 0.517. The van der Waals surface area contributed by atoms with Gasteiger partial charge >= 0.3 is 6.18 Å². The lowest BCUT2D eigenvalue weighted by Gasteiger charge is -2.30. The zero-order valence-electron chi connectivity index (χ0n) is 18.4. The number of aliphatic imine (C=N–C) groups is 1. The zero-order chi connectivity index (χ0) is 22.4. The Morgan fingerprint density at radius 3 is 2.59 bits per heavy atom. The first-order chi connectivity index (χ1) is 14.8. The van der Waals surface area contributed by atoms with E-state index in [1.165, 1.54) is 12.1 Å². The fourth-order valence-electron chi connectivity index (χ4n) is 3.90. The van der Waals surface area contributed by atoms with Gasteiger partial charge in [-0.05, 0) is 24.1 Å². The molecule has 1 unspecified atom stereocenters. The van der Waals surface area contributed by atoms with Crippen molar-refractivity contribution in [3.8, 4) is 0 Å². The van der Waals surface area contributed by atoms with E-state index in [4.69, 9.17) is 4.74 Å². The average Bonchev–Trinajstić information content (AvgIpc) is 3.24. The van der Waals surface area contributed by atoms with Crippen LogP contribution in [0.1, 0.15) is 30.9 Å². The van der Waals surface area contributed by atoms with E-state index in [-0.39, 0.29) is 48.0 Å². The number of anilines is 1. The highest BCUT2D eigenvalue weighted by Crippen LogP contribution is 2.35. The number of carbonyl (C=O) groups is 1. The van der Waals surface area contributed by atoms with Gasteiger partial charge in [0, 0.05) is 57.9 Å². The van der Waals surface area contributed by atoms with Crippen molar-refractivity contribution in [3.05, 3.63) is 29.3 Å². The van der Waals surface area contributed by atoms with E-state index in [0.29, 0.717) is 57.5 Å². The summed E-state index contributed by atoms with van der Waals surface area (Å²) < 4.78 is 46.5. The van der Waals surface area contributed by atoms with E-state index in [1.807, 2.05) is 11.8 Å². The molecule has 2 saturated heterocycles. The molecule has 0 saturated carbocycles. The van der Waals surface area contributed by atoms with Gasteiger partial charge in [0.15, 0.2) is 5.96 Å². The van der Waals surface area contributed by atoms with Gasteiger partial charge in [-0.3, -0.25) is 9.79 Å². The molecule has 180 valence electrons. The minimum Gasteiger partial charge on any atom is -0.378 e. The van der Waals surface area contributed by atoms with E-state index in [9.17, 15) is 18.0 Å². The van der Waals surface area contributed by atoms with Crippen LogP contribution in [-0.4, -0.2) is 69.2 Å². The predicted octanol–water partition coefficient (Wildman–Crippen LogP) is 2.84. The first-order valence-corrected chi connectivity index (χ1v) is 10.6. The molecule has 0 aliphatic carbocycles. The molecular formula is C21H31F3IN5O2. The third-order valence-corrected chi connectivity index (χ3v) is 5.63. The van der Waals surface area contributed by atoms with Gasteiger partial charge in [0.2, 0.25) is 5.91 Å². The number of carbonyl (C=O) groups excluding carboxylic acids is 1. The highest BCUT2D eigenvalue weighted by Gasteiger charge is 2.34. The van der Waals surface area contributed by atoms with Gasteiger partial charge in [-0.25, -0.2) is 0 Å². The summed E-state index contributed by atoms with van der Waals surface area (Å²) in [6.07, 6.45) is -3.22. The summed E-state index contributed by atoms with van der Waals surface area (Å²) in [5.41, 5.74) is 0.0511. The Morgan fingerprint density at radius 2 is 1.97 bits per heavy atom. The summed E-state index contributed by atoms with van der Waals surface area (Å²) in [5, 5.41) is 6.19. The van der Waals surface area contributed by atoms with Gasteiger partial charge in [0.25, 0.3) is 0 Å². The molecule has 2 aliphatic rings. The molecule has 1 amide bonds. The quantitative estimate of drug-likeness (QED) is 0.325. The molecule has 1 atom stereocenters. The van der Waals surface area contributed by atoms with E-state index in [1.54, 1.807) is 18.0 Å². The minimum atomic E-state index is -4.46. The summed E-state index contributed by atoms with van der Waals surface area (Å²) in [4.78, 5) is 19.7. The number of guanidine groups is 1. The maximum absolute atomic E-state index is 13.7. The fraction of sp³-hybridized carbons (Fsp3) is 0.619. The van der Waals surface area contributed by atoms with Crippen LogP contribution in [0.15, 0.2) is 23.2 Å². The van der Waals surface area contributed by atoms with Crippen molar-refractivity contribution in [2.75, 3.05) is 51.3 Å². The summed E-state index contributed by atoms with van der Waals surface area (Å²) in [7, 11) is 1.57. The van der Waals surface area contributed by atoms with Crippen LogP contribution in [0.4, 0.5) is 18.9 Å². The summed E-state index contributed by atoms with van der Waals surface area (Å²) in [6, 6.07) is 4.47. The van der Waals surface area contributed by atoms with Crippen molar-refractivity contribution in [1.82, 2.24) is 15.5 Å². The number of hydrogen-bond donors (Lipinski definition) is 2. The molecule has 0 radical (unpaired) electrons. The molecule has 11 heteroatoms. The Morgan fingerprint density at radius 1 is 1.25 bits per heavy atom. The topological polar surface area (TPSA) is 69.2 Å². The second-order valence-electron chi connectivity index (χ2n) is 7.69. The normalized spacial score (nSPS) is 19.5. The van der Waals surface area contributed by atoms with Gasteiger partial charge in [-0.1, -0.05) is 13.0 Å². The number of alkyl halides is 3. The van der Waals surface area contributed by atoms with Crippen LogP contribution in [0, 0.1) is 0 Å². The zero-order valence-corrected chi connectivity index (χ0v) is 20.7. The monoisotopic (exact) mass is 569 g/mol. The van der Waals surface area contributed by atoms with Crippen LogP contribution < -0.4 is 15.5 Å². The molecule has 32 heavy (non-hydrogen) atoms. The first-order valence-electron chi connectivity index (χ1n) is 10.6. The van der Waals surface area contributed by atoms with Crippen LogP contribution in [0.2, 0.25) is 0 Å². The number of nitrogens with one attached hydrogen (secondary N) is 2. The fourth-order valence-corrected chi connectivity index (χ4v) is 3.90. The summed E-state index contributed by atoms with van der Waals surface area (Å²) >= 11 is 0. The number of morpholine rings is 1. The molecular weight excluding hydrogens is 538 g/mol. The van der Waals surface area contributed by atoms with Crippen LogP contribution in [-0.2, 0) is 22.3 Å². The molecule has 0 aromatic heterocycles. The Labute approximate surface area is 203 Å². The Balaban J connectivity index is 0.00000363. The van der Waals surface area contributed by atoms with Gasteiger partial charge < -0.3 is 25.2 Å². The second-order valence-corrected chi connectivity index (χ2v) is 7.69. The van der Waals surface area contributed by atoms with Crippen molar-refractivity contribution in [1.29, 1.82) is 0 Å². The highest BCUT2D eigenvalue weighted by atomic mass is 127. The summed E-state index contributed by atoms with van der Waals surface area (Å²) in [6.45, 7) is 5.21. The van der Waals surface area contributed by atoms with E-state index >= 15 is 0 Å². The molecule has 7 nitrogen and oxygen atoms in total. The van der Waals surface area contributed by atoms with Crippen LogP contribution >= 0.6 is 24.0 Å². The number of hydrogen-bond acceptors (Lipinski definition) is 4. The SMILES string of the molecule is CCC(=O)N1CCC(NC(=NC)NCc2ccc(N3CCOCC3)cc2C(F)(F)F)C1.I. The average molecular weight is 569 g/mol. The molecule has 1 aromatic carbocycles. The van der Waals surface area contributed by atoms with Crippen molar-refractivity contribution in [2.24, 2.45) is 4.99 Å². The predicted molar refractivity (Wildman–Crippen MR) is 129 cm³/mol. The lowest BCUT2D eigenvalue weighted by atomic mass is 10.0. The van der Waals surface area contributed by atoms with Gasteiger partial charge in [-0.15, -0.1) is 24.0 Å². The van der Waals surface area contributed by atoms with E-state index in [0.717, 1.165) is 6.42 Å². The maximum Gasteiger partial charge on any atom is 0.416 e. The standard InChI is InChI=1S/C21H30F3N5O2.HI/c1-3-19(30)29-7-6-16(14-29)27-20(25-2)26-13-15-4-5-17(12-18(15)21(22,23)24)28-8-10-31-11-9-28;/h4-5,12,16H,3,6-11,13-14H2,1-2H3,(H2,25,26,27);1H. The molecule has 1 aromatic rings. The van der Waals surface area contributed by atoms with Crippen molar-refractivity contribution < 1.29 is 22.7 Å². The third kappa shape index (κ3) is 6.87. The number of ether oxygens (including phenoxy) is 1. The minimum absolute atomic E-state index is 0. The number of likely N-dealkylation sites (tertiary alicyclic amines) is 1. The number of nitrogens with zero attached hydrogens (tertiary/aromatic N) is 3. The Kier molecular flexibility index (Phi) is 9.86. The molecule has 2 fully saturated rings. The van der Waals surface area contributed by atoms with Crippen molar-refractivity contribution in [3.63, 3.8) is 0 Å². The van der Waals surface area contributed by atoms with Crippen molar-refractivity contribution in [2.45, 2.75) is 38.5 Å². The van der Waals surface area contributed by atoms with Crippen LogP contribution in [0.25, 0.3) is 0 Å². The first kappa shape index (κ1) is 26.5. The smallest absolute Gasteiger partial charge is 0.378 e. The number of halogens is 4. The molecule has 0 bridgehead atoms. The van der Waals surface area contributed by atoms with Gasteiger partial charge in [0.05, 0.1) is 18.8 Å². The number of benzene rings is 1. The largest absolute Gasteiger partial charge is 0.416 e. The molecule has 2 aliphatic heterocycles. The number of rotatable bonds is 5. The van der Waals surface area contributed by atoms with Crippen molar-refractivity contribution >= 4 is 41.5 Å². The third-order valence-electron chi connectivity index (χ3n) is 5.63. The van der Waals surface area contributed by atoms with Gasteiger partial charge in [-0.2, -0.15) is 13.2 Å². The molecule has 0 spiro atoms. The van der Waals surface area contributed by atoms with Gasteiger partial charge in [0.1, 0.15) is 0 Å². The Hall–Kier alpha value is -1.76. The lowest BCUT2D eigenvalue weighted by Crippen LogP contribution is -2.44. The lowest BCUT2D eigenvalue weighted by molar-refractivity contribution is -0.138. The highest BCUT2D eigenvalue weighted by molar-refractivity contribution is 14.0. The molecule has 3 rings (SSSR count). The molecule has 2 N–H and O–H groups in total. The number of amides is 1. The molecule has 2 heterocycles. The van der Waals surface area contributed by atoms with E-state index < -0.39 is 11.7 Å². The maximum atomic E-state index is 13.7. The van der Waals surface area contributed by atoms with Crippen LogP contribution in [0.3, 0.4) is 0 Å². The Bertz CT molecular complexity index is 800.